The van der Waals surface area contributed by atoms with Crippen LogP contribution >= 0.6 is 0 Å². The van der Waals surface area contributed by atoms with Gasteiger partial charge in [-0.1, -0.05) is 24.3 Å². The van der Waals surface area contributed by atoms with Gasteiger partial charge in [-0.2, -0.15) is 5.10 Å². The minimum absolute atomic E-state index is 0.114. The fraction of sp³-hybridized carbons (Fsp3) is 0.242. The number of alkyl halides is 1. The minimum atomic E-state index is -1.35. The van der Waals surface area contributed by atoms with Gasteiger partial charge in [0.1, 0.15) is 24.2 Å². The van der Waals surface area contributed by atoms with Crippen LogP contribution in [0.25, 0.3) is 27.7 Å². The summed E-state index contributed by atoms with van der Waals surface area (Å²) in [6, 6.07) is 16.2. The second-order valence-electron chi connectivity index (χ2n) is 10.9. The van der Waals surface area contributed by atoms with Crippen molar-refractivity contribution in [2.24, 2.45) is 0 Å². The Hall–Kier alpha value is -4.99. The van der Waals surface area contributed by atoms with Crippen LogP contribution < -0.4 is 0 Å². The van der Waals surface area contributed by atoms with Gasteiger partial charge in [0.15, 0.2) is 11.6 Å². The van der Waals surface area contributed by atoms with E-state index in [1.807, 2.05) is 30.3 Å². The van der Waals surface area contributed by atoms with E-state index in [2.05, 4.69) is 10.1 Å². The molecule has 1 aliphatic rings. The smallest absolute Gasteiger partial charge is 0.243 e. The third kappa shape index (κ3) is 5.48. The van der Waals surface area contributed by atoms with E-state index in [0.29, 0.717) is 27.9 Å². The molecule has 8 nitrogen and oxygen atoms in total. The summed E-state index contributed by atoms with van der Waals surface area (Å²) in [7, 11) is 0. The second-order valence-corrected chi connectivity index (χ2v) is 10.9. The van der Waals surface area contributed by atoms with Crippen LogP contribution in [0, 0.1) is 12.7 Å². The molecule has 0 N–H and O–H groups in total. The lowest BCUT2D eigenvalue weighted by atomic mass is 10.0. The summed E-state index contributed by atoms with van der Waals surface area (Å²) < 4.78 is 32.3. The molecule has 0 bridgehead atoms. The van der Waals surface area contributed by atoms with Gasteiger partial charge < -0.3 is 9.47 Å². The minimum Gasteiger partial charge on any atom is -0.337 e. The molecule has 3 aromatic heterocycles. The fourth-order valence-electron chi connectivity index (χ4n) is 5.83. The number of benzene rings is 2. The molecule has 5 aromatic rings. The molecule has 43 heavy (non-hydrogen) atoms. The lowest BCUT2D eigenvalue weighted by Gasteiger charge is -2.24. The Morgan fingerprint density at radius 1 is 1.02 bits per heavy atom. The summed E-state index contributed by atoms with van der Waals surface area (Å²) in [6.07, 6.45) is 3.44. The lowest BCUT2D eigenvalue weighted by molar-refractivity contribution is -0.137. The van der Waals surface area contributed by atoms with Crippen molar-refractivity contribution >= 4 is 28.4 Å². The van der Waals surface area contributed by atoms with Crippen molar-refractivity contribution in [2.45, 2.75) is 45.4 Å². The maximum atomic E-state index is 14.7. The van der Waals surface area contributed by atoms with Crippen LogP contribution in [-0.4, -0.2) is 60.5 Å². The van der Waals surface area contributed by atoms with Crippen molar-refractivity contribution in [1.29, 1.82) is 0 Å². The monoisotopic (exact) mass is 581 g/mol. The highest BCUT2D eigenvalue weighted by molar-refractivity contribution is 6.08. The van der Waals surface area contributed by atoms with E-state index in [4.69, 9.17) is 0 Å². The number of amides is 1. The quantitative estimate of drug-likeness (QED) is 0.232. The average Bonchev–Trinajstić information content (AvgIpc) is 3.68. The molecule has 2 aromatic carbocycles. The number of fused-ring (bicyclic) bond motifs is 1. The fourth-order valence-corrected chi connectivity index (χ4v) is 5.83. The number of hydrogen-bond donors (Lipinski definition) is 0. The summed E-state index contributed by atoms with van der Waals surface area (Å²) in [5.41, 5.74) is 4.16. The van der Waals surface area contributed by atoms with E-state index >= 15 is 0 Å². The van der Waals surface area contributed by atoms with Gasteiger partial charge in [0.2, 0.25) is 5.91 Å². The van der Waals surface area contributed by atoms with Gasteiger partial charge in [-0.15, -0.1) is 0 Å². The Balaban J connectivity index is 1.26. The molecule has 6 rings (SSSR count). The highest BCUT2D eigenvalue weighted by atomic mass is 19.1. The van der Waals surface area contributed by atoms with E-state index in [1.54, 1.807) is 54.3 Å². The number of Topliss-reactive ketones (excluding diaryl/α,β-unsaturated/α-hetero) is 2. The van der Waals surface area contributed by atoms with Crippen LogP contribution in [0.3, 0.4) is 0 Å². The van der Waals surface area contributed by atoms with Gasteiger partial charge >= 0.3 is 0 Å². The third-order valence-electron chi connectivity index (χ3n) is 7.84. The summed E-state index contributed by atoms with van der Waals surface area (Å²) >= 11 is 0. The number of rotatable bonds is 8. The number of carbonyl (C=O) groups excluding carboxylic acids is 3. The number of carbonyl (C=O) groups is 3. The SMILES string of the molecule is CC(=O)c1cn(CC(=O)N2C[C@H](F)C[C@H]2C(=O)Cc2cc(C)nn2-c2ccccc2F)c2ccc(-c3cccnc3)cc12. The molecule has 0 aliphatic carbocycles. The molecule has 1 amide bonds. The number of likely N-dealkylation sites (tertiary alicyclic amines) is 1. The molecular weight excluding hydrogens is 552 g/mol. The number of para-hydroxylation sites is 1. The second kappa shape index (κ2) is 11.4. The van der Waals surface area contributed by atoms with Crippen LogP contribution in [0.5, 0.6) is 0 Å². The zero-order valence-corrected chi connectivity index (χ0v) is 23.7. The van der Waals surface area contributed by atoms with Gasteiger partial charge in [-0.3, -0.25) is 19.4 Å². The van der Waals surface area contributed by atoms with Crippen molar-refractivity contribution in [3.8, 4) is 16.8 Å². The summed E-state index contributed by atoms with van der Waals surface area (Å²) in [5, 5.41) is 5.04. The van der Waals surface area contributed by atoms with Gasteiger partial charge in [-0.05, 0) is 55.8 Å². The van der Waals surface area contributed by atoms with E-state index < -0.39 is 23.9 Å². The van der Waals surface area contributed by atoms with Crippen LogP contribution in [0.2, 0.25) is 0 Å². The molecular formula is C33H29F2N5O3. The maximum Gasteiger partial charge on any atom is 0.243 e. The molecule has 0 radical (unpaired) electrons. The predicted octanol–water partition coefficient (Wildman–Crippen LogP) is 5.29. The van der Waals surface area contributed by atoms with Crippen LogP contribution in [0.15, 0.2) is 79.3 Å². The molecule has 218 valence electrons. The standard InChI is InChI=1S/C33H29F2N5O3/c1-20-12-25(40(37-20)30-8-4-3-7-28(30)35)15-32(42)31-14-24(34)17-39(31)33(43)19-38-18-27(21(2)41)26-13-22(9-10-29(26)38)23-6-5-11-36-16-23/h3-13,16,18,24,31H,14-15,17,19H2,1-2H3/t24-,31+/m1/s1. The topological polar surface area (TPSA) is 90.1 Å². The largest absolute Gasteiger partial charge is 0.337 e. The maximum absolute atomic E-state index is 14.7. The van der Waals surface area contributed by atoms with Crippen LogP contribution in [-0.2, 0) is 22.6 Å². The summed E-state index contributed by atoms with van der Waals surface area (Å²) in [6.45, 7) is 2.84. The Kier molecular flexibility index (Phi) is 7.43. The number of ketones is 2. The first kappa shape index (κ1) is 28.1. The zero-order chi connectivity index (χ0) is 30.2. The Bertz CT molecular complexity index is 1860. The van der Waals surface area contributed by atoms with Crippen molar-refractivity contribution < 1.29 is 23.2 Å². The van der Waals surface area contributed by atoms with Crippen molar-refractivity contribution in [1.82, 2.24) is 24.2 Å². The molecule has 4 heterocycles. The molecule has 0 unspecified atom stereocenters. The van der Waals surface area contributed by atoms with Gasteiger partial charge in [0.05, 0.1) is 30.4 Å². The van der Waals surface area contributed by atoms with E-state index in [-0.39, 0.29) is 43.2 Å². The first-order valence-electron chi connectivity index (χ1n) is 14.0. The number of nitrogens with zero attached hydrogens (tertiary/aromatic N) is 5. The normalized spacial score (nSPS) is 16.6. The van der Waals surface area contributed by atoms with Crippen molar-refractivity contribution in [3.05, 3.63) is 102 Å². The van der Waals surface area contributed by atoms with E-state index in [9.17, 15) is 23.2 Å². The first-order chi connectivity index (χ1) is 20.7. The first-order valence-corrected chi connectivity index (χ1v) is 14.0. The Labute approximate surface area is 246 Å². The highest BCUT2D eigenvalue weighted by Crippen LogP contribution is 2.30. The number of aryl methyl sites for hydroxylation is 1. The van der Waals surface area contributed by atoms with Crippen molar-refractivity contribution in [3.63, 3.8) is 0 Å². The third-order valence-corrected chi connectivity index (χ3v) is 7.84. The number of aromatic nitrogens is 4. The van der Waals surface area contributed by atoms with E-state index in [0.717, 1.165) is 11.1 Å². The number of halogens is 2. The number of hydrogen-bond acceptors (Lipinski definition) is 5. The number of pyridine rings is 1. The lowest BCUT2D eigenvalue weighted by Crippen LogP contribution is -2.43. The van der Waals surface area contributed by atoms with Gasteiger partial charge in [0.25, 0.3) is 0 Å². The average molecular weight is 582 g/mol. The van der Waals surface area contributed by atoms with Crippen LogP contribution in [0.4, 0.5) is 8.78 Å². The van der Waals surface area contributed by atoms with Gasteiger partial charge in [-0.25, -0.2) is 13.5 Å². The van der Waals surface area contributed by atoms with E-state index in [1.165, 1.54) is 22.6 Å². The molecule has 10 heteroatoms. The zero-order valence-electron chi connectivity index (χ0n) is 23.7. The summed E-state index contributed by atoms with van der Waals surface area (Å²) in [5.74, 6) is -1.42. The molecule has 1 aliphatic heterocycles. The highest BCUT2D eigenvalue weighted by Gasteiger charge is 2.40. The molecule has 0 saturated carbocycles. The van der Waals surface area contributed by atoms with Crippen molar-refractivity contribution in [2.75, 3.05) is 6.54 Å². The molecule has 0 spiro atoms. The molecule has 1 saturated heterocycles. The molecule has 2 atom stereocenters. The summed E-state index contributed by atoms with van der Waals surface area (Å²) in [4.78, 5) is 45.1. The Morgan fingerprint density at radius 3 is 2.58 bits per heavy atom. The van der Waals surface area contributed by atoms with Crippen LogP contribution in [0.1, 0.15) is 35.1 Å². The Morgan fingerprint density at radius 2 is 1.84 bits per heavy atom. The predicted molar refractivity (Wildman–Crippen MR) is 157 cm³/mol. The van der Waals surface area contributed by atoms with Gasteiger partial charge in [0, 0.05) is 47.0 Å². The molecule has 1 fully saturated rings.